The first-order valence-corrected chi connectivity index (χ1v) is 6.07. The van der Waals surface area contributed by atoms with E-state index in [-0.39, 0.29) is 0 Å². The highest BCUT2D eigenvalue weighted by atomic mass is 16.5. The number of rotatable bonds is 9. The van der Waals surface area contributed by atoms with E-state index in [0.29, 0.717) is 0 Å². The lowest BCUT2D eigenvalue weighted by atomic mass is 10.3. The normalized spacial score (nSPS) is 10.9. The molecule has 0 aliphatic heterocycles. The second-order valence-corrected chi connectivity index (χ2v) is 3.98. The highest BCUT2D eigenvalue weighted by Crippen LogP contribution is 1.99. The predicted molar refractivity (Wildman–Crippen MR) is 65.3 cm³/mol. The molecule has 4 nitrogen and oxygen atoms in total. The summed E-state index contributed by atoms with van der Waals surface area (Å²) in [6.45, 7) is 5.98. The Kier molecular flexibility index (Phi) is 6.85. The van der Waals surface area contributed by atoms with Gasteiger partial charge in [-0.2, -0.15) is 0 Å². The van der Waals surface area contributed by atoms with Gasteiger partial charge < -0.3 is 14.6 Å². The van der Waals surface area contributed by atoms with Crippen LogP contribution < -0.4 is 5.32 Å². The van der Waals surface area contributed by atoms with Crippen LogP contribution in [-0.4, -0.2) is 29.8 Å². The molecule has 0 aromatic carbocycles. The fourth-order valence-corrected chi connectivity index (χ4v) is 1.55. The molecule has 0 aliphatic rings. The average molecular weight is 225 g/mol. The fraction of sp³-hybridized carbons (Fsp3) is 0.750. The minimum atomic E-state index is 0.847. The van der Waals surface area contributed by atoms with Crippen LogP contribution in [0.1, 0.15) is 31.9 Å². The van der Waals surface area contributed by atoms with Crippen LogP contribution in [0.25, 0.3) is 0 Å². The number of nitrogens with zero attached hydrogens (tertiary/aromatic N) is 2. The second kappa shape index (κ2) is 8.30. The van der Waals surface area contributed by atoms with Gasteiger partial charge in [0.1, 0.15) is 0 Å². The summed E-state index contributed by atoms with van der Waals surface area (Å²) in [5.41, 5.74) is 1.13. The average Bonchev–Trinajstić information content (AvgIpc) is 2.73. The Bertz CT molecular complexity index is 273. The van der Waals surface area contributed by atoms with Crippen LogP contribution in [0, 0.1) is 0 Å². The number of methoxy groups -OCH3 is 1. The van der Waals surface area contributed by atoms with Crippen LogP contribution in [0.5, 0.6) is 0 Å². The topological polar surface area (TPSA) is 39.1 Å². The van der Waals surface area contributed by atoms with Crippen LogP contribution in [0.4, 0.5) is 0 Å². The van der Waals surface area contributed by atoms with Crippen LogP contribution in [-0.2, 0) is 17.8 Å². The number of hydrogen-bond donors (Lipinski definition) is 1. The molecule has 0 unspecified atom stereocenters. The van der Waals surface area contributed by atoms with Crippen molar-refractivity contribution in [1.29, 1.82) is 0 Å². The monoisotopic (exact) mass is 225 g/mol. The molecule has 92 valence electrons. The molecule has 1 aromatic heterocycles. The van der Waals surface area contributed by atoms with Crippen molar-refractivity contribution in [3.63, 3.8) is 0 Å². The summed E-state index contributed by atoms with van der Waals surface area (Å²) in [5, 5.41) is 3.35. The molecular weight excluding hydrogens is 202 g/mol. The zero-order valence-corrected chi connectivity index (χ0v) is 10.4. The molecule has 0 atom stereocenters. The molecule has 0 saturated carbocycles. The molecule has 1 rings (SSSR count). The molecule has 16 heavy (non-hydrogen) atoms. The molecule has 4 heteroatoms. The van der Waals surface area contributed by atoms with Gasteiger partial charge in [-0.05, 0) is 25.8 Å². The van der Waals surface area contributed by atoms with E-state index in [2.05, 4.69) is 28.0 Å². The van der Waals surface area contributed by atoms with Gasteiger partial charge >= 0.3 is 0 Å². The maximum absolute atomic E-state index is 5.02. The minimum Gasteiger partial charge on any atom is -0.385 e. The zero-order chi connectivity index (χ0) is 11.6. The summed E-state index contributed by atoms with van der Waals surface area (Å²) in [6, 6.07) is 0. The van der Waals surface area contributed by atoms with E-state index in [9.17, 15) is 0 Å². The maximum atomic E-state index is 5.02. The summed E-state index contributed by atoms with van der Waals surface area (Å²) in [5.74, 6) is 0. The lowest BCUT2D eigenvalue weighted by Gasteiger charge is -2.01. The Morgan fingerprint density at radius 1 is 1.44 bits per heavy atom. The summed E-state index contributed by atoms with van der Waals surface area (Å²) in [7, 11) is 1.74. The molecular formula is C12H23N3O. The molecule has 0 amide bonds. The number of aryl methyl sites for hydroxylation is 1. The Balaban J connectivity index is 2.17. The quantitative estimate of drug-likeness (QED) is 0.651. The van der Waals surface area contributed by atoms with Gasteiger partial charge in [0, 0.05) is 33.0 Å². The molecule has 1 aromatic rings. The van der Waals surface area contributed by atoms with E-state index in [1.54, 1.807) is 7.11 Å². The molecule has 0 aliphatic carbocycles. The van der Waals surface area contributed by atoms with Crippen LogP contribution >= 0.6 is 0 Å². The first-order chi connectivity index (χ1) is 7.86. The van der Waals surface area contributed by atoms with Gasteiger partial charge in [0.25, 0.3) is 0 Å². The lowest BCUT2D eigenvalue weighted by Crippen LogP contribution is -2.13. The summed E-state index contributed by atoms with van der Waals surface area (Å²) in [4.78, 5) is 4.36. The fourth-order valence-electron chi connectivity index (χ4n) is 1.55. The molecule has 0 saturated heterocycles. The molecule has 0 spiro atoms. The third-order valence-corrected chi connectivity index (χ3v) is 2.43. The molecule has 1 N–H and O–H groups in total. The van der Waals surface area contributed by atoms with E-state index in [1.807, 2.05) is 6.33 Å². The van der Waals surface area contributed by atoms with Crippen molar-refractivity contribution in [3.05, 3.63) is 18.2 Å². The summed E-state index contributed by atoms with van der Waals surface area (Å²) >= 11 is 0. The van der Waals surface area contributed by atoms with E-state index in [1.165, 1.54) is 0 Å². The van der Waals surface area contributed by atoms with Crippen molar-refractivity contribution >= 4 is 0 Å². The van der Waals surface area contributed by atoms with Gasteiger partial charge in [-0.15, -0.1) is 0 Å². The van der Waals surface area contributed by atoms with Crippen LogP contribution in [0.3, 0.4) is 0 Å². The van der Waals surface area contributed by atoms with Gasteiger partial charge in [0.15, 0.2) is 0 Å². The number of unbranched alkanes of at least 4 members (excludes halogenated alkanes) is 1. The number of hydrogen-bond acceptors (Lipinski definition) is 3. The third kappa shape index (κ3) is 5.28. The number of ether oxygens (including phenoxy) is 1. The standard InChI is InChI=1S/C12H23N3O/c1-3-6-13-9-12-10-15(11-14-12)7-4-5-8-16-2/h10-11,13H,3-9H2,1-2H3. The first kappa shape index (κ1) is 13.2. The molecule has 0 radical (unpaired) electrons. The van der Waals surface area contributed by atoms with Gasteiger partial charge in [-0.1, -0.05) is 6.92 Å². The van der Waals surface area contributed by atoms with Gasteiger partial charge in [-0.3, -0.25) is 0 Å². The Labute approximate surface area is 98.0 Å². The highest BCUT2D eigenvalue weighted by Gasteiger charge is 1.97. The first-order valence-electron chi connectivity index (χ1n) is 6.07. The zero-order valence-electron chi connectivity index (χ0n) is 10.4. The minimum absolute atomic E-state index is 0.847. The predicted octanol–water partition coefficient (Wildman–Crippen LogP) is 1.81. The third-order valence-electron chi connectivity index (χ3n) is 2.43. The summed E-state index contributed by atoms with van der Waals surface area (Å²) in [6.07, 6.45) is 7.45. The molecule has 1 heterocycles. The largest absolute Gasteiger partial charge is 0.385 e. The van der Waals surface area contributed by atoms with Crippen molar-refractivity contribution in [3.8, 4) is 0 Å². The van der Waals surface area contributed by atoms with Crippen molar-refractivity contribution < 1.29 is 4.74 Å². The Hall–Kier alpha value is -0.870. The smallest absolute Gasteiger partial charge is 0.0949 e. The van der Waals surface area contributed by atoms with E-state index in [0.717, 1.165) is 51.2 Å². The van der Waals surface area contributed by atoms with Gasteiger partial charge in [-0.25, -0.2) is 4.98 Å². The van der Waals surface area contributed by atoms with Crippen LogP contribution in [0.15, 0.2) is 12.5 Å². The van der Waals surface area contributed by atoms with Crippen molar-refractivity contribution in [2.75, 3.05) is 20.3 Å². The van der Waals surface area contributed by atoms with Crippen molar-refractivity contribution in [1.82, 2.24) is 14.9 Å². The SMILES string of the molecule is CCCNCc1cn(CCCCOC)cn1. The number of aromatic nitrogens is 2. The molecule has 0 bridgehead atoms. The second-order valence-electron chi connectivity index (χ2n) is 3.98. The van der Waals surface area contributed by atoms with E-state index in [4.69, 9.17) is 4.74 Å². The Morgan fingerprint density at radius 2 is 2.31 bits per heavy atom. The van der Waals surface area contributed by atoms with Crippen molar-refractivity contribution in [2.24, 2.45) is 0 Å². The number of nitrogens with one attached hydrogen (secondary N) is 1. The summed E-state index contributed by atoms with van der Waals surface area (Å²) < 4.78 is 7.17. The van der Waals surface area contributed by atoms with Gasteiger partial charge in [0.2, 0.25) is 0 Å². The maximum Gasteiger partial charge on any atom is 0.0949 e. The van der Waals surface area contributed by atoms with Gasteiger partial charge in [0.05, 0.1) is 12.0 Å². The van der Waals surface area contributed by atoms with E-state index >= 15 is 0 Å². The molecule has 0 fully saturated rings. The lowest BCUT2D eigenvalue weighted by molar-refractivity contribution is 0.191. The van der Waals surface area contributed by atoms with E-state index < -0.39 is 0 Å². The Morgan fingerprint density at radius 3 is 3.06 bits per heavy atom. The van der Waals surface area contributed by atoms with Crippen LogP contribution in [0.2, 0.25) is 0 Å². The van der Waals surface area contributed by atoms with Crippen molar-refractivity contribution in [2.45, 2.75) is 39.3 Å². The number of imidazole rings is 1. The highest BCUT2D eigenvalue weighted by molar-refractivity contribution is 4.95.